The second-order valence-electron chi connectivity index (χ2n) is 3.89. The Morgan fingerprint density at radius 3 is 2.61 bits per heavy atom. The average Bonchev–Trinajstić information content (AvgIpc) is 2.75. The quantitative estimate of drug-likeness (QED) is 0.234. The molecule has 3 atom stereocenters. The molecule has 1 aliphatic rings. The maximum Gasteiger partial charge on any atom is 0.331 e. The number of nitrogens with one attached hydrogen (secondary N) is 1. The van der Waals surface area contributed by atoms with Gasteiger partial charge < -0.3 is 25.7 Å². The van der Waals surface area contributed by atoms with E-state index in [1.807, 2.05) is 0 Å². The minimum atomic E-state index is -1.32. The molecule has 0 aliphatic carbocycles. The van der Waals surface area contributed by atoms with Gasteiger partial charge in [-0.2, -0.15) is 5.90 Å². The van der Waals surface area contributed by atoms with E-state index in [0.29, 0.717) is 0 Å². The maximum atomic E-state index is 11.4. The number of hydrogen-bond acceptors (Lipinski definition) is 9. The van der Waals surface area contributed by atoms with E-state index >= 15 is 0 Å². The van der Waals surface area contributed by atoms with Gasteiger partial charge in [-0.25, -0.2) is 9.59 Å². The first kappa shape index (κ1) is 14.5. The van der Waals surface area contributed by atoms with Crippen molar-refractivity contribution < 1.29 is 29.1 Å². The first-order chi connectivity index (χ1) is 8.43. The van der Waals surface area contributed by atoms with Crippen molar-refractivity contribution in [2.75, 3.05) is 6.54 Å². The lowest BCUT2D eigenvalue weighted by Crippen LogP contribution is -2.40. The highest BCUT2D eigenvalue weighted by atomic mass is 16.7. The minimum absolute atomic E-state index is 0.159. The van der Waals surface area contributed by atoms with Gasteiger partial charge in [0.2, 0.25) is 0 Å². The molecule has 9 heteroatoms. The van der Waals surface area contributed by atoms with Gasteiger partial charge in [0.1, 0.15) is 12.1 Å². The van der Waals surface area contributed by atoms with E-state index in [9.17, 15) is 19.5 Å². The van der Waals surface area contributed by atoms with E-state index in [0.717, 1.165) is 0 Å². The summed E-state index contributed by atoms with van der Waals surface area (Å²) in [4.78, 5) is 37.4. The van der Waals surface area contributed by atoms with Gasteiger partial charge >= 0.3 is 17.9 Å². The minimum Gasteiger partial charge on any atom is -0.392 e. The lowest BCUT2D eigenvalue weighted by atomic mass is 10.2. The molecule has 0 aromatic carbocycles. The van der Waals surface area contributed by atoms with E-state index < -0.39 is 42.5 Å². The van der Waals surface area contributed by atoms with Gasteiger partial charge in [0, 0.05) is 13.0 Å². The van der Waals surface area contributed by atoms with Crippen LogP contribution in [0.4, 0.5) is 0 Å². The van der Waals surface area contributed by atoms with Crippen LogP contribution in [0.1, 0.15) is 12.8 Å². The zero-order valence-electron chi connectivity index (χ0n) is 9.50. The second-order valence-corrected chi connectivity index (χ2v) is 3.89. The molecule has 0 unspecified atom stereocenters. The third kappa shape index (κ3) is 4.04. The molecule has 0 bridgehead atoms. The molecular weight excluding hydrogens is 246 g/mol. The summed E-state index contributed by atoms with van der Waals surface area (Å²) in [6, 6.07) is -2.08. The van der Waals surface area contributed by atoms with Crippen LogP contribution in [0.15, 0.2) is 0 Å². The number of nitrogens with two attached hydrogens (primary N) is 2. The normalized spacial score (nSPS) is 24.4. The molecule has 18 heavy (non-hydrogen) atoms. The Labute approximate surface area is 102 Å². The van der Waals surface area contributed by atoms with Gasteiger partial charge in [0.25, 0.3) is 0 Å². The SMILES string of the molecule is NOC(=O)C[C@H](N)C(=O)OC(=O)[C@@H]1C[C@@H](O)CN1. The lowest BCUT2D eigenvalue weighted by molar-refractivity contribution is -0.163. The topological polar surface area (TPSA) is 154 Å². The number of esters is 2. The van der Waals surface area contributed by atoms with Crippen LogP contribution in [-0.4, -0.2) is 47.7 Å². The Morgan fingerprint density at radius 2 is 2.11 bits per heavy atom. The average molecular weight is 261 g/mol. The summed E-state index contributed by atoms with van der Waals surface area (Å²) in [7, 11) is 0. The molecule has 1 fully saturated rings. The van der Waals surface area contributed by atoms with E-state index in [1.165, 1.54) is 0 Å². The van der Waals surface area contributed by atoms with Crippen LogP contribution in [0, 0.1) is 0 Å². The van der Waals surface area contributed by atoms with E-state index in [-0.39, 0.29) is 13.0 Å². The lowest BCUT2D eigenvalue weighted by Gasteiger charge is -2.11. The smallest absolute Gasteiger partial charge is 0.331 e. The zero-order chi connectivity index (χ0) is 13.7. The number of carbonyl (C=O) groups is 3. The Kier molecular flexibility index (Phi) is 5.16. The van der Waals surface area contributed by atoms with Crippen LogP contribution < -0.4 is 16.9 Å². The standard InChI is InChI=1S/C9H15N3O6/c10-5(2-7(14)18-11)8(15)17-9(16)6-1-4(13)3-12-6/h4-6,12-13H,1-3,10-11H2/t4-,5+,6+/m1/s1. The van der Waals surface area contributed by atoms with Crippen molar-refractivity contribution in [1.29, 1.82) is 0 Å². The summed E-state index contributed by atoms with van der Waals surface area (Å²) in [6.45, 7) is 0.250. The highest BCUT2D eigenvalue weighted by Crippen LogP contribution is 2.08. The number of carbonyl (C=O) groups excluding carboxylic acids is 3. The Bertz CT molecular complexity index is 347. The van der Waals surface area contributed by atoms with Crippen molar-refractivity contribution in [3.8, 4) is 0 Å². The Morgan fingerprint density at radius 1 is 1.44 bits per heavy atom. The molecule has 0 aromatic heterocycles. The van der Waals surface area contributed by atoms with Crippen LogP contribution >= 0.6 is 0 Å². The molecule has 0 amide bonds. The predicted molar refractivity (Wildman–Crippen MR) is 56.4 cm³/mol. The van der Waals surface area contributed by atoms with E-state index in [1.54, 1.807) is 0 Å². The number of ether oxygens (including phenoxy) is 1. The number of rotatable bonds is 4. The van der Waals surface area contributed by atoms with Crippen LogP contribution in [0.3, 0.4) is 0 Å². The molecule has 1 heterocycles. The summed E-state index contributed by atoms with van der Waals surface area (Å²) in [5.74, 6) is 1.80. The number of aliphatic hydroxyl groups excluding tert-OH is 1. The molecule has 102 valence electrons. The fraction of sp³-hybridized carbons (Fsp3) is 0.667. The van der Waals surface area contributed by atoms with Crippen molar-refractivity contribution in [3.05, 3.63) is 0 Å². The van der Waals surface area contributed by atoms with Crippen LogP contribution in [0.25, 0.3) is 0 Å². The largest absolute Gasteiger partial charge is 0.392 e. The molecule has 0 radical (unpaired) electrons. The summed E-state index contributed by atoms with van der Waals surface area (Å²) >= 11 is 0. The first-order valence-electron chi connectivity index (χ1n) is 5.26. The summed E-state index contributed by atoms with van der Waals surface area (Å²) in [5, 5.41) is 11.9. The van der Waals surface area contributed by atoms with Crippen LogP contribution in [-0.2, 0) is 24.0 Å². The molecule has 0 spiro atoms. The molecule has 9 nitrogen and oxygen atoms in total. The van der Waals surface area contributed by atoms with Gasteiger partial charge in [-0.15, -0.1) is 0 Å². The van der Waals surface area contributed by atoms with Gasteiger partial charge in [-0.1, -0.05) is 0 Å². The molecular formula is C9H15N3O6. The Hall–Kier alpha value is -1.55. The van der Waals surface area contributed by atoms with Crippen molar-refractivity contribution in [3.63, 3.8) is 0 Å². The molecule has 0 aromatic rings. The second kappa shape index (κ2) is 6.40. The van der Waals surface area contributed by atoms with Gasteiger partial charge in [-0.05, 0) is 0 Å². The predicted octanol–water partition coefficient (Wildman–Crippen LogP) is -3.09. The van der Waals surface area contributed by atoms with Crippen molar-refractivity contribution in [1.82, 2.24) is 5.32 Å². The fourth-order valence-electron chi connectivity index (χ4n) is 1.45. The first-order valence-corrected chi connectivity index (χ1v) is 5.26. The molecule has 1 aliphatic heterocycles. The third-order valence-corrected chi connectivity index (χ3v) is 2.41. The zero-order valence-corrected chi connectivity index (χ0v) is 9.50. The molecule has 1 saturated heterocycles. The summed E-state index contributed by atoms with van der Waals surface area (Å²) < 4.78 is 4.46. The monoisotopic (exact) mass is 261 g/mol. The fourth-order valence-corrected chi connectivity index (χ4v) is 1.45. The molecule has 0 saturated carbocycles. The highest BCUT2D eigenvalue weighted by molar-refractivity contribution is 5.92. The van der Waals surface area contributed by atoms with Gasteiger partial charge in [-0.3, -0.25) is 4.79 Å². The summed E-state index contributed by atoms with van der Waals surface area (Å²) in [5.41, 5.74) is 5.32. The van der Waals surface area contributed by atoms with Crippen LogP contribution in [0.5, 0.6) is 0 Å². The van der Waals surface area contributed by atoms with E-state index in [4.69, 9.17) is 5.73 Å². The molecule has 1 rings (SSSR count). The van der Waals surface area contributed by atoms with Gasteiger partial charge in [0.15, 0.2) is 0 Å². The van der Waals surface area contributed by atoms with Crippen molar-refractivity contribution >= 4 is 17.9 Å². The maximum absolute atomic E-state index is 11.4. The van der Waals surface area contributed by atoms with Crippen molar-refractivity contribution in [2.45, 2.75) is 31.0 Å². The van der Waals surface area contributed by atoms with Crippen LogP contribution in [0.2, 0.25) is 0 Å². The number of aliphatic hydroxyl groups is 1. The number of β-amino-alcohol motifs (C(OH)–C–C–N with tert-alkyl or cyclic N) is 1. The highest BCUT2D eigenvalue weighted by Gasteiger charge is 2.32. The summed E-state index contributed by atoms with van der Waals surface area (Å²) in [6.07, 6.45) is -0.978. The van der Waals surface area contributed by atoms with E-state index in [2.05, 4.69) is 20.8 Å². The van der Waals surface area contributed by atoms with Gasteiger partial charge in [0.05, 0.1) is 12.5 Å². The van der Waals surface area contributed by atoms with Crippen molar-refractivity contribution in [2.24, 2.45) is 11.6 Å². The molecule has 6 N–H and O–H groups in total. The third-order valence-electron chi connectivity index (χ3n) is 2.41. The Balaban J connectivity index is 2.39. The number of hydrogen-bond donors (Lipinski definition) is 4.